The standard InChI is InChI=1S/C20H19ClF3N3OS/c21-17-8-7-15(10-16(17)20(22,23)24)26-19(29)25-11-13-4-1-2-5-14(13)12-27-9-3-6-18(27)28/h1-2,4-5,7-8,10H,3,6,9,11-12H2,(H2,25,26,29). The maximum Gasteiger partial charge on any atom is 0.417 e. The van der Waals surface area contributed by atoms with Crippen molar-refractivity contribution < 1.29 is 18.0 Å². The predicted octanol–water partition coefficient (Wildman–Crippen LogP) is 4.97. The van der Waals surface area contributed by atoms with Crippen LogP contribution in [0.1, 0.15) is 29.5 Å². The number of carbonyl (C=O) groups is 1. The van der Waals surface area contributed by atoms with Crippen LogP contribution in [0.5, 0.6) is 0 Å². The zero-order valence-corrected chi connectivity index (χ0v) is 16.9. The van der Waals surface area contributed by atoms with Gasteiger partial charge in [0.25, 0.3) is 0 Å². The third kappa shape index (κ3) is 5.61. The van der Waals surface area contributed by atoms with E-state index in [2.05, 4.69) is 10.6 Å². The van der Waals surface area contributed by atoms with Gasteiger partial charge in [0.05, 0.1) is 10.6 Å². The van der Waals surface area contributed by atoms with Crippen LogP contribution in [0, 0.1) is 0 Å². The van der Waals surface area contributed by atoms with E-state index in [4.69, 9.17) is 23.8 Å². The summed E-state index contributed by atoms with van der Waals surface area (Å²) in [5.74, 6) is 0.146. The number of hydrogen-bond acceptors (Lipinski definition) is 2. The summed E-state index contributed by atoms with van der Waals surface area (Å²) in [4.78, 5) is 13.7. The Kier molecular flexibility index (Phi) is 6.64. The van der Waals surface area contributed by atoms with E-state index < -0.39 is 11.7 Å². The lowest BCUT2D eigenvalue weighted by Gasteiger charge is -2.19. The van der Waals surface area contributed by atoms with Crippen molar-refractivity contribution in [3.05, 3.63) is 64.2 Å². The number of nitrogens with one attached hydrogen (secondary N) is 2. The SMILES string of the molecule is O=C1CCCN1Cc1ccccc1CNC(=S)Nc1ccc(Cl)c(C(F)(F)F)c1. The minimum atomic E-state index is -4.55. The minimum Gasteiger partial charge on any atom is -0.358 e. The highest BCUT2D eigenvalue weighted by atomic mass is 35.5. The Bertz CT molecular complexity index is 920. The average molecular weight is 442 g/mol. The van der Waals surface area contributed by atoms with Crippen molar-refractivity contribution >= 4 is 40.5 Å². The largest absolute Gasteiger partial charge is 0.417 e. The van der Waals surface area contributed by atoms with Crippen molar-refractivity contribution in [3.63, 3.8) is 0 Å². The molecule has 0 aliphatic carbocycles. The summed E-state index contributed by atoms with van der Waals surface area (Å²) in [6.45, 7) is 1.66. The van der Waals surface area contributed by atoms with Gasteiger partial charge in [-0.1, -0.05) is 35.9 Å². The van der Waals surface area contributed by atoms with Crippen LogP contribution in [0.3, 0.4) is 0 Å². The number of benzene rings is 2. The van der Waals surface area contributed by atoms with E-state index in [1.807, 2.05) is 29.2 Å². The Morgan fingerprint density at radius 1 is 1.17 bits per heavy atom. The van der Waals surface area contributed by atoms with Crippen LogP contribution in [0.2, 0.25) is 5.02 Å². The molecular weight excluding hydrogens is 423 g/mol. The summed E-state index contributed by atoms with van der Waals surface area (Å²) in [5.41, 5.74) is 1.23. The molecule has 1 fully saturated rings. The second kappa shape index (κ2) is 9.00. The first kappa shape index (κ1) is 21.4. The van der Waals surface area contributed by atoms with Gasteiger partial charge in [-0.2, -0.15) is 13.2 Å². The van der Waals surface area contributed by atoms with Crippen molar-refractivity contribution in [1.82, 2.24) is 10.2 Å². The monoisotopic (exact) mass is 441 g/mol. The second-order valence-electron chi connectivity index (χ2n) is 6.69. The van der Waals surface area contributed by atoms with E-state index in [9.17, 15) is 18.0 Å². The summed E-state index contributed by atoms with van der Waals surface area (Å²) in [7, 11) is 0. The normalized spacial score (nSPS) is 14.2. The Hall–Kier alpha value is -2.32. The smallest absolute Gasteiger partial charge is 0.358 e. The van der Waals surface area contributed by atoms with Crippen LogP contribution in [0.25, 0.3) is 0 Å². The van der Waals surface area contributed by atoms with Crippen molar-refractivity contribution in [2.75, 3.05) is 11.9 Å². The van der Waals surface area contributed by atoms with Gasteiger partial charge in [0.1, 0.15) is 0 Å². The molecule has 1 saturated heterocycles. The number of nitrogens with zero attached hydrogens (tertiary/aromatic N) is 1. The molecule has 1 heterocycles. The lowest BCUT2D eigenvalue weighted by atomic mass is 10.1. The summed E-state index contributed by atoms with van der Waals surface area (Å²) in [6, 6.07) is 11.2. The van der Waals surface area contributed by atoms with Gasteiger partial charge in [-0.25, -0.2) is 0 Å². The number of amides is 1. The van der Waals surface area contributed by atoms with Gasteiger partial charge in [0.2, 0.25) is 5.91 Å². The molecule has 29 heavy (non-hydrogen) atoms. The van der Waals surface area contributed by atoms with Crippen LogP contribution in [-0.4, -0.2) is 22.5 Å². The van der Waals surface area contributed by atoms with Crippen LogP contribution < -0.4 is 10.6 Å². The maximum atomic E-state index is 13.0. The van der Waals surface area contributed by atoms with Crippen LogP contribution in [-0.2, 0) is 24.1 Å². The first-order chi connectivity index (χ1) is 13.7. The van der Waals surface area contributed by atoms with Gasteiger partial charge in [0.15, 0.2) is 5.11 Å². The van der Waals surface area contributed by atoms with Crippen molar-refractivity contribution in [3.8, 4) is 0 Å². The molecule has 1 aliphatic heterocycles. The molecule has 2 N–H and O–H groups in total. The summed E-state index contributed by atoms with van der Waals surface area (Å²) < 4.78 is 39.0. The number of thiocarbonyl (C=S) groups is 1. The Balaban J connectivity index is 1.62. The fourth-order valence-electron chi connectivity index (χ4n) is 3.13. The van der Waals surface area contributed by atoms with Crippen molar-refractivity contribution in [2.45, 2.75) is 32.1 Å². The molecule has 2 aromatic carbocycles. The summed E-state index contributed by atoms with van der Waals surface area (Å²) in [6.07, 6.45) is -3.10. The highest BCUT2D eigenvalue weighted by Crippen LogP contribution is 2.36. The third-order valence-corrected chi connectivity index (χ3v) is 5.20. The molecule has 0 bridgehead atoms. The number of likely N-dealkylation sites (tertiary alicyclic amines) is 1. The van der Waals surface area contributed by atoms with E-state index >= 15 is 0 Å². The van der Waals surface area contributed by atoms with Crippen molar-refractivity contribution in [1.29, 1.82) is 0 Å². The van der Waals surface area contributed by atoms with Gasteiger partial charge >= 0.3 is 6.18 Å². The molecule has 1 amide bonds. The van der Waals surface area contributed by atoms with E-state index in [0.717, 1.165) is 30.2 Å². The molecule has 0 radical (unpaired) electrons. The second-order valence-corrected chi connectivity index (χ2v) is 7.50. The molecule has 0 aromatic heterocycles. The molecule has 9 heteroatoms. The highest BCUT2D eigenvalue weighted by molar-refractivity contribution is 7.80. The van der Waals surface area contributed by atoms with E-state index in [1.54, 1.807) is 0 Å². The summed E-state index contributed by atoms with van der Waals surface area (Å²) in [5, 5.41) is 5.57. The number of rotatable bonds is 5. The van der Waals surface area contributed by atoms with E-state index in [-0.39, 0.29) is 21.7 Å². The quantitative estimate of drug-likeness (QED) is 0.643. The molecule has 0 saturated carbocycles. The van der Waals surface area contributed by atoms with Crippen molar-refractivity contribution in [2.24, 2.45) is 0 Å². The van der Waals surface area contributed by atoms with Crippen LogP contribution >= 0.6 is 23.8 Å². The Morgan fingerprint density at radius 2 is 1.90 bits per heavy atom. The van der Waals surface area contributed by atoms with Gasteiger partial charge < -0.3 is 15.5 Å². The molecule has 0 spiro atoms. The third-order valence-electron chi connectivity index (χ3n) is 4.62. The fourth-order valence-corrected chi connectivity index (χ4v) is 3.55. The molecule has 1 aliphatic rings. The maximum absolute atomic E-state index is 13.0. The lowest BCUT2D eigenvalue weighted by molar-refractivity contribution is -0.137. The average Bonchev–Trinajstić information content (AvgIpc) is 3.06. The topological polar surface area (TPSA) is 44.4 Å². The zero-order valence-electron chi connectivity index (χ0n) is 15.4. The highest BCUT2D eigenvalue weighted by Gasteiger charge is 2.33. The van der Waals surface area contributed by atoms with E-state index in [1.165, 1.54) is 12.1 Å². The molecular formula is C20H19ClF3N3OS. The Labute approximate surface area is 177 Å². The lowest BCUT2D eigenvalue weighted by Crippen LogP contribution is -2.29. The van der Waals surface area contributed by atoms with Crippen LogP contribution in [0.15, 0.2) is 42.5 Å². The van der Waals surface area contributed by atoms with Gasteiger partial charge in [-0.15, -0.1) is 0 Å². The van der Waals surface area contributed by atoms with E-state index in [0.29, 0.717) is 19.5 Å². The molecule has 154 valence electrons. The molecule has 0 unspecified atom stereocenters. The first-order valence-corrected chi connectivity index (χ1v) is 9.79. The fraction of sp³-hybridized carbons (Fsp3) is 0.300. The summed E-state index contributed by atoms with van der Waals surface area (Å²) >= 11 is 10.8. The van der Waals surface area contributed by atoms with Gasteiger partial charge in [0, 0.05) is 31.7 Å². The Morgan fingerprint density at radius 3 is 2.55 bits per heavy atom. The zero-order chi connectivity index (χ0) is 21.0. The number of halogens is 4. The van der Waals surface area contributed by atoms with Gasteiger partial charge in [-0.3, -0.25) is 4.79 Å². The number of anilines is 1. The van der Waals surface area contributed by atoms with Gasteiger partial charge in [-0.05, 0) is 48.0 Å². The molecule has 4 nitrogen and oxygen atoms in total. The molecule has 0 atom stereocenters. The number of hydrogen-bond donors (Lipinski definition) is 2. The molecule has 3 rings (SSSR count). The first-order valence-electron chi connectivity index (χ1n) is 9.00. The minimum absolute atomic E-state index is 0.146. The predicted molar refractivity (Wildman–Crippen MR) is 111 cm³/mol. The van der Waals surface area contributed by atoms with Crippen LogP contribution in [0.4, 0.5) is 18.9 Å². The number of carbonyl (C=O) groups excluding carboxylic acids is 1. The molecule has 2 aromatic rings. The number of alkyl halides is 3.